The SMILES string of the molecule is C=C/C1=C(\C=C)C(C)NC(=O)C(N)CCCC(C)C(=O)N1. The second-order valence-corrected chi connectivity index (χ2v) is 5.44. The molecule has 1 aliphatic heterocycles. The smallest absolute Gasteiger partial charge is 0.237 e. The van der Waals surface area contributed by atoms with Crippen LogP contribution in [-0.2, 0) is 9.59 Å². The van der Waals surface area contributed by atoms with Crippen LogP contribution in [0.25, 0.3) is 0 Å². The fraction of sp³-hybridized carbons (Fsp3) is 0.500. The first-order chi connectivity index (χ1) is 9.90. The second-order valence-electron chi connectivity index (χ2n) is 5.44. The van der Waals surface area contributed by atoms with E-state index in [-0.39, 0.29) is 23.8 Å². The topological polar surface area (TPSA) is 84.2 Å². The molecule has 1 aliphatic rings. The van der Waals surface area contributed by atoms with Crippen LogP contribution in [0.2, 0.25) is 0 Å². The van der Waals surface area contributed by atoms with Crippen molar-refractivity contribution in [2.75, 3.05) is 0 Å². The van der Waals surface area contributed by atoms with E-state index in [4.69, 9.17) is 5.73 Å². The van der Waals surface area contributed by atoms with Gasteiger partial charge in [0.1, 0.15) is 0 Å². The fourth-order valence-corrected chi connectivity index (χ4v) is 2.32. The number of amides is 2. The van der Waals surface area contributed by atoms with Crippen LogP contribution in [0.5, 0.6) is 0 Å². The molecule has 116 valence electrons. The summed E-state index contributed by atoms with van der Waals surface area (Å²) in [5.41, 5.74) is 7.17. The minimum Gasteiger partial charge on any atom is -0.348 e. The van der Waals surface area contributed by atoms with Crippen LogP contribution in [0.4, 0.5) is 0 Å². The summed E-state index contributed by atoms with van der Waals surface area (Å²) in [4.78, 5) is 24.2. The molecule has 0 aromatic rings. The van der Waals surface area contributed by atoms with Gasteiger partial charge in [-0.05, 0) is 31.4 Å². The molecule has 0 fully saturated rings. The van der Waals surface area contributed by atoms with Crippen molar-refractivity contribution >= 4 is 11.8 Å². The third-order valence-electron chi connectivity index (χ3n) is 3.75. The van der Waals surface area contributed by atoms with Gasteiger partial charge in [0.2, 0.25) is 11.8 Å². The predicted octanol–water partition coefficient (Wildman–Crippen LogP) is 1.38. The molecule has 0 aromatic carbocycles. The molecule has 0 radical (unpaired) electrons. The minimum absolute atomic E-state index is 0.0584. The van der Waals surface area contributed by atoms with E-state index in [0.29, 0.717) is 24.1 Å². The second kappa shape index (κ2) is 7.78. The molecule has 1 rings (SSSR count). The van der Waals surface area contributed by atoms with Crippen LogP contribution in [0, 0.1) is 5.92 Å². The van der Waals surface area contributed by atoms with Crippen LogP contribution in [-0.4, -0.2) is 23.9 Å². The summed E-state index contributed by atoms with van der Waals surface area (Å²) in [6, 6.07) is -0.857. The number of allylic oxidation sites excluding steroid dienone is 1. The van der Waals surface area contributed by atoms with Gasteiger partial charge in [0.15, 0.2) is 0 Å². The number of nitrogens with one attached hydrogen (secondary N) is 2. The zero-order valence-corrected chi connectivity index (χ0v) is 12.8. The van der Waals surface area contributed by atoms with Gasteiger partial charge in [-0.1, -0.05) is 32.6 Å². The highest BCUT2D eigenvalue weighted by Gasteiger charge is 2.22. The van der Waals surface area contributed by atoms with Gasteiger partial charge in [0, 0.05) is 11.6 Å². The Hall–Kier alpha value is -1.88. The van der Waals surface area contributed by atoms with Gasteiger partial charge < -0.3 is 16.4 Å². The third-order valence-corrected chi connectivity index (χ3v) is 3.75. The normalized spacial score (nSPS) is 32.2. The molecule has 0 saturated carbocycles. The molecule has 2 amide bonds. The summed E-state index contributed by atoms with van der Waals surface area (Å²) in [7, 11) is 0. The predicted molar refractivity (Wildman–Crippen MR) is 84.2 cm³/mol. The molecular formula is C16H25N3O2. The van der Waals surface area contributed by atoms with Crippen molar-refractivity contribution in [1.82, 2.24) is 10.6 Å². The van der Waals surface area contributed by atoms with E-state index >= 15 is 0 Å². The van der Waals surface area contributed by atoms with Crippen LogP contribution < -0.4 is 16.4 Å². The number of hydrogen-bond donors (Lipinski definition) is 3. The number of carbonyl (C=O) groups is 2. The molecule has 0 aromatic heterocycles. The highest BCUT2D eigenvalue weighted by atomic mass is 16.2. The Morgan fingerprint density at radius 3 is 2.38 bits per heavy atom. The highest BCUT2D eigenvalue weighted by molar-refractivity contribution is 5.83. The van der Waals surface area contributed by atoms with Gasteiger partial charge in [-0.2, -0.15) is 0 Å². The number of rotatable bonds is 2. The Balaban J connectivity index is 3.15. The van der Waals surface area contributed by atoms with E-state index in [1.54, 1.807) is 12.2 Å². The Labute approximate surface area is 126 Å². The summed E-state index contributed by atoms with van der Waals surface area (Å²) in [6.07, 6.45) is 5.17. The van der Waals surface area contributed by atoms with Crippen LogP contribution in [0.1, 0.15) is 33.1 Å². The van der Waals surface area contributed by atoms with Crippen molar-refractivity contribution in [3.63, 3.8) is 0 Å². The Morgan fingerprint density at radius 1 is 1.14 bits per heavy atom. The molecule has 3 unspecified atom stereocenters. The highest BCUT2D eigenvalue weighted by Crippen LogP contribution is 2.15. The summed E-state index contributed by atoms with van der Waals surface area (Å²) in [5.74, 6) is -0.391. The first-order valence-corrected chi connectivity index (χ1v) is 7.26. The Morgan fingerprint density at radius 2 is 1.81 bits per heavy atom. The molecule has 3 atom stereocenters. The van der Waals surface area contributed by atoms with Gasteiger partial charge >= 0.3 is 0 Å². The molecule has 5 nitrogen and oxygen atoms in total. The maximum atomic E-state index is 12.2. The van der Waals surface area contributed by atoms with Crippen molar-refractivity contribution in [3.05, 3.63) is 36.6 Å². The zero-order chi connectivity index (χ0) is 16.0. The van der Waals surface area contributed by atoms with Crippen molar-refractivity contribution in [1.29, 1.82) is 0 Å². The van der Waals surface area contributed by atoms with Crippen molar-refractivity contribution < 1.29 is 9.59 Å². The Bertz CT molecular complexity index is 468. The number of nitrogens with two attached hydrogens (primary N) is 1. The molecule has 0 bridgehead atoms. The lowest BCUT2D eigenvalue weighted by molar-refractivity contribution is -0.123. The summed E-state index contributed by atoms with van der Waals surface area (Å²) >= 11 is 0. The van der Waals surface area contributed by atoms with Gasteiger partial charge in [-0.3, -0.25) is 9.59 Å². The summed E-state index contributed by atoms with van der Waals surface area (Å²) < 4.78 is 0. The molecule has 0 spiro atoms. The molecular weight excluding hydrogens is 266 g/mol. The number of hydrogen-bond acceptors (Lipinski definition) is 3. The molecule has 4 N–H and O–H groups in total. The van der Waals surface area contributed by atoms with E-state index in [0.717, 1.165) is 6.42 Å². The average molecular weight is 291 g/mol. The molecule has 0 saturated heterocycles. The van der Waals surface area contributed by atoms with Gasteiger partial charge in [-0.15, -0.1) is 0 Å². The summed E-state index contributed by atoms with van der Waals surface area (Å²) in [6.45, 7) is 11.2. The Kier molecular flexibility index (Phi) is 6.37. The van der Waals surface area contributed by atoms with Crippen molar-refractivity contribution in [3.8, 4) is 0 Å². The minimum atomic E-state index is -0.555. The molecule has 1 heterocycles. The molecule has 21 heavy (non-hydrogen) atoms. The van der Waals surface area contributed by atoms with E-state index in [2.05, 4.69) is 23.8 Å². The van der Waals surface area contributed by atoms with E-state index < -0.39 is 6.04 Å². The van der Waals surface area contributed by atoms with Gasteiger partial charge in [0.25, 0.3) is 0 Å². The van der Waals surface area contributed by atoms with E-state index in [1.807, 2.05) is 13.8 Å². The van der Waals surface area contributed by atoms with E-state index in [9.17, 15) is 9.59 Å². The monoisotopic (exact) mass is 291 g/mol. The number of carbonyl (C=O) groups excluding carboxylic acids is 2. The van der Waals surface area contributed by atoms with Crippen LogP contribution in [0.3, 0.4) is 0 Å². The quantitative estimate of drug-likeness (QED) is 0.718. The maximum Gasteiger partial charge on any atom is 0.237 e. The van der Waals surface area contributed by atoms with Gasteiger partial charge in [-0.25, -0.2) is 0 Å². The first kappa shape index (κ1) is 17.2. The zero-order valence-electron chi connectivity index (χ0n) is 12.8. The molecule has 5 heteroatoms. The van der Waals surface area contributed by atoms with Crippen LogP contribution in [0.15, 0.2) is 36.6 Å². The lowest BCUT2D eigenvalue weighted by Gasteiger charge is -2.23. The van der Waals surface area contributed by atoms with Crippen LogP contribution >= 0.6 is 0 Å². The first-order valence-electron chi connectivity index (χ1n) is 7.26. The van der Waals surface area contributed by atoms with Crippen molar-refractivity contribution in [2.24, 2.45) is 11.7 Å². The third kappa shape index (κ3) is 4.56. The molecule has 0 aliphatic carbocycles. The lowest BCUT2D eigenvalue weighted by atomic mass is 9.98. The fourth-order valence-electron chi connectivity index (χ4n) is 2.32. The standard InChI is InChI=1S/C16H25N3O2/c1-5-12-11(4)18-16(21)13(17)9-7-8-10(3)15(20)19-14(12)6-2/h5-6,10-11,13H,1-2,7-9,17H2,3-4H3,(H,18,21)(H,19,20)/b14-12-. The average Bonchev–Trinajstić information content (AvgIpc) is 2.45. The maximum absolute atomic E-state index is 12.2. The lowest BCUT2D eigenvalue weighted by Crippen LogP contribution is -2.46. The largest absolute Gasteiger partial charge is 0.348 e. The van der Waals surface area contributed by atoms with E-state index in [1.165, 1.54) is 0 Å². The summed E-state index contributed by atoms with van der Waals surface area (Å²) in [5, 5.41) is 5.71. The van der Waals surface area contributed by atoms with Gasteiger partial charge in [0.05, 0.1) is 12.1 Å². The van der Waals surface area contributed by atoms with Crippen molar-refractivity contribution in [2.45, 2.75) is 45.2 Å².